The lowest BCUT2D eigenvalue weighted by Crippen LogP contribution is -2.63. The third-order valence-electron chi connectivity index (χ3n) is 3.32. The number of aryl methyl sites for hydroxylation is 1. The van der Waals surface area contributed by atoms with E-state index in [-0.39, 0.29) is 0 Å². The first-order chi connectivity index (χ1) is 7.17. The summed E-state index contributed by atoms with van der Waals surface area (Å²) >= 11 is 0. The molecule has 1 aliphatic carbocycles. The molecule has 0 aromatic carbocycles. The van der Waals surface area contributed by atoms with Gasteiger partial charge in [0.15, 0.2) is 0 Å². The van der Waals surface area contributed by atoms with E-state index in [4.69, 9.17) is 0 Å². The third-order valence-corrected chi connectivity index (χ3v) is 3.32. The predicted molar refractivity (Wildman–Crippen MR) is 56.7 cm³/mol. The Balaban J connectivity index is 1.69. The molecule has 1 saturated heterocycles. The highest BCUT2D eigenvalue weighted by atomic mass is 16.3. The molecule has 2 heterocycles. The zero-order valence-electron chi connectivity index (χ0n) is 8.85. The smallest absolute Gasteiger partial charge is 0.225 e. The maximum Gasteiger partial charge on any atom is 0.225 e. The van der Waals surface area contributed by atoms with E-state index in [2.05, 4.69) is 9.97 Å². The molecule has 0 amide bonds. The second kappa shape index (κ2) is 2.92. The van der Waals surface area contributed by atoms with Gasteiger partial charge in [0.05, 0.1) is 13.1 Å². The molecule has 1 aromatic heterocycles. The number of rotatable bonds is 2. The van der Waals surface area contributed by atoms with Crippen LogP contribution in [-0.4, -0.2) is 33.8 Å². The minimum atomic E-state index is -0.450. The van der Waals surface area contributed by atoms with Crippen molar-refractivity contribution < 1.29 is 5.11 Å². The van der Waals surface area contributed by atoms with Gasteiger partial charge in [-0.25, -0.2) is 9.97 Å². The van der Waals surface area contributed by atoms with Crippen molar-refractivity contribution in [2.75, 3.05) is 18.0 Å². The molecule has 0 atom stereocenters. The minimum absolute atomic E-state index is 0.450. The standard InChI is InChI=1S/C11H15N3O/c1-8-4-12-10(13-5-8)14-6-11(15,7-14)9-2-3-9/h4-5,9,15H,2-3,6-7H2,1H3. The minimum Gasteiger partial charge on any atom is -0.386 e. The number of nitrogens with zero attached hydrogens (tertiary/aromatic N) is 3. The first kappa shape index (κ1) is 9.09. The number of hydrogen-bond donors (Lipinski definition) is 1. The lowest BCUT2D eigenvalue weighted by molar-refractivity contribution is -0.0102. The van der Waals surface area contributed by atoms with Gasteiger partial charge in [0.2, 0.25) is 5.95 Å². The summed E-state index contributed by atoms with van der Waals surface area (Å²) in [6, 6.07) is 0. The summed E-state index contributed by atoms with van der Waals surface area (Å²) in [5, 5.41) is 10.1. The van der Waals surface area contributed by atoms with E-state index in [1.165, 1.54) is 12.8 Å². The molecule has 0 spiro atoms. The highest BCUT2D eigenvalue weighted by molar-refractivity contribution is 5.38. The highest BCUT2D eigenvalue weighted by Gasteiger charge is 2.52. The summed E-state index contributed by atoms with van der Waals surface area (Å²) in [6.45, 7) is 3.36. The third kappa shape index (κ3) is 1.49. The molecule has 0 unspecified atom stereocenters. The van der Waals surface area contributed by atoms with E-state index in [0.29, 0.717) is 19.0 Å². The summed E-state index contributed by atoms with van der Waals surface area (Å²) < 4.78 is 0. The molecule has 1 aliphatic heterocycles. The maximum atomic E-state index is 10.1. The van der Waals surface area contributed by atoms with Crippen LogP contribution in [0.1, 0.15) is 18.4 Å². The van der Waals surface area contributed by atoms with Crippen molar-refractivity contribution in [2.45, 2.75) is 25.4 Å². The molecule has 1 aromatic rings. The van der Waals surface area contributed by atoms with Crippen LogP contribution in [-0.2, 0) is 0 Å². The molecule has 0 radical (unpaired) electrons. The fourth-order valence-corrected chi connectivity index (χ4v) is 2.18. The Labute approximate surface area is 89.0 Å². The van der Waals surface area contributed by atoms with Crippen LogP contribution in [0, 0.1) is 12.8 Å². The van der Waals surface area contributed by atoms with E-state index in [0.717, 1.165) is 11.5 Å². The zero-order chi connectivity index (χ0) is 10.5. The number of β-amino-alcohol motifs (C(OH)–C–C–N with tert-alkyl or cyclic N) is 1. The average molecular weight is 205 g/mol. The second-order valence-electron chi connectivity index (χ2n) is 4.79. The molecule has 80 valence electrons. The predicted octanol–water partition coefficient (Wildman–Crippen LogP) is 0.746. The Morgan fingerprint density at radius 2 is 1.93 bits per heavy atom. The molecule has 4 heteroatoms. The fourth-order valence-electron chi connectivity index (χ4n) is 2.18. The molecule has 4 nitrogen and oxygen atoms in total. The number of aromatic nitrogens is 2. The SMILES string of the molecule is Cc1cnc(N2CC(O)(C3CC3)C2)nc1. The van der Waals surface area contributed by atoms with E-state index >= 15 is 0 Å². The molecule has 15 heavy (non-hydrogen) atoms. The number of aliphatic hydroxyl groups is 1. The van der Waals surface area contributed by atoms with Crippen LogP contribution < -0.4 is 4.90 Å². The Morgan fingerprint density at radius 3 is 2.47 bits per heavy atom. The first-order valence-electron chi connectivity index (χ1n) is 5.43. The first-order valence-corrected chi connectivity index (χ1v) is 5.43. The lowest BCUT2D eigenvalue weighted by Gasteiger charge is -2.46. The van der Waals surface area contributed by atoms with Crippen LogP contribution in [0.2, 0.25) is 0 Å². The van der Waals surface area contributed by atoms with E-state index in [1.54, 1.807) is 0 Å². The summed E-state index contributed by atoms with van der Waals surface area (Å²) in [6.07, 6.45) is 5.99. The van der Waals surface area contributed by atoms with Gasteiger partial charge in [-0.3, -0.25) is 0 Å². The van der Waals surface area contributed by atoms with Crippen molar-refractivity contribution in [1.82, 2.24) is 9.97 Å². The van der Waals surface area contributed by atoms with Gasteiger partial charge in [0, 0.05) is 12.4 Å². The van der Waals surface area contributed by atoms with Crippen molar-refractivity contribution in [3.05, 3.63) is 18.0 Å². The van der Waals surface area contributed by atoms with Gasteiger partial charge in [-0.15, -0.1) is 0 Å². The Bertz CT molecular complexity index is 366. The summed E-state index contributed by atoms with van der Waals surface area (Å²) in [5.74, 6) is 1.27. The van der Waals surface area contributed by atoms with Gasteiger partial charge in [-0.2, -0.15) is 0 Å². The van der Waals surface area contributed by atoms with Gasteiger partial charge in [-0.1, -0.05) is 0 Å². The van der Waals surface area contributed by atoms with E-state index in [9.17, 15) is 5.11 Å². The van der Waals surface area contributed by atoms with E-state index < -0.39 is 5.60 Å². The van der Waals surface area contributed by atoms with Crippen molar-refractivity contribution in [2.24, 2.45) is 5.92 Å². The van der Waals surface area contributed by atoms with Gasteiger partial charge >= 0.3 is 0 Å². The largest absolute Gasteiger partial charge is 0.386 e. The van der Waals surface area contributed by atoms with Crippen LogP contribution in [0.5, 0.6) is 0 Å². The Kier molecular flexibility index (Phi) is 1.77. The molecular formula is C11H15N3O. The fraction of sp³-hybridized carbons (Fsp3) is 0.636. The van der Waals surface area contributed by atoms with Crippen LogP contribution >= 0.6 is 0 Å². The normalized spacial score (nSPS) is 23.7. The van der Waals surface area contributed by atoms with Crippen molar-refractivity contribution in [3.8, 4) is 0 Å². The summed E-state index contributed by atoms with van der Waals surface area (Å²) in [5.41, 5.74) is 0.616. The summed E-state index contributed by atoms with van der Waals surface area (Å²) in [7, 11) is 0. The van der Waals surface area contributed by atoms with Gasteiger partial charge in [0.25, 0.3) is 0 Å². The molecular weight excluding hydrogens is 190 g/mol. The van der Waals surface area contributed by atoms with Crippen LogP contribution in [0.25, 0.3) is 0 Å². The van der Waals surface area contributed by atoms with Gasteiger partial charge in [0.1, 0.15) is 5.60 Å². The Morgan fingerprint density at radius 1 is 1.33 bits per heavy atom. The molecule has 1 N–H and O–H groups in total. The van der Waals surface area contributed by atoms with Crippen molar-refractivity contribution in [1.29, 1.82) is 0 Å². The maximum absolute atomic E-state index is 10.1. The van der Waals surface area contributed by atoms with Gasteiger partial charge in [-0.05, 0) is 31.2 Å². The van der Waals surface area contributed by atoms with Gasteiger partial charge < -0.3 is 10.0 Å². The molecule has 2 aliphatic rings. The number of hydrogen-bond acceptors (Lipinski definition) is 4. The molecule has 3 rings (SSSR count). The second-order valence-corrected chi connectivity index (χ2v) is 4.79. The molecule has 2 fully saturated rings. The molecule has 0 bridgehead atoms. The van der Waals surface area contributed by atoms with Crippen molar-refractivity contribution >= 4 is 5.95 Å². The summed E-state index contributed by atoms with van der Waals surface area (Å²) in [4.78, 5) is 10.5. The van der Waals surface area contributed by atoms with Crippen LogP contribution in [0.4, 0.5) is 5.95 Å². The van der Waals surface area contributed by atoms with Crippen molar-refractivity contribution in [3.63, 3.8) is 0 Å². The quantitative estimate of drug-likeness (QED) is 0.774. The number of anilines is 1. The zero-order valence-corrected chi connectivity index (χ0v) is 8.85. The monoisotopic (exact) mass is 205 g/mol. The average Bonchev–Trinajstić information content (AvgIpc) is 2.98. The lowest BCUT2D eigenvalue weighted by atomic mass is 9.89. The topological polar surface area (TPSA) is 49.2 Å². The van der Waals surface area contributed by atoms with Crippen LogP contribution in [0.15, 0.2) is 12.4 Å². The van der Waals surface area contributed by atoms with E-state index in [1.807, 2.05) is 24.2 Å². The van der Waals surface area contributed by atoms with Crippen LogP contribution in [0.3, 0.4) is 0 Å². The Hall–Kier alpha value is -1.16. The molecule has 1 saturated carbocycles. The highest BCUT2D eigenvalue weighted by Crippen LogP contribution is 2.45.